The predicted molar refractivity (Wildman–Crippen MR) is 126 cm³/mol. The fourth-order valence-corrected chi connectivity index (χ4v) is 4.28. The molecule has 2 aliphatic heterocycles. The lowest BCUT2D eigenvalue weighted by atomic mass is 9.89. The van der Waals surface area contributed by atoms with Crippen LogP contribution in [-0.4, -0.2) is 41.4 Å². The van der Waals surface area contributed by atoms with Crippen LogP contribution in [0.5, 0.6) is 0 Å². The predicted octanol–water partition coefficient (Wildman–Crippen LogP) is 6.10. The van der Waals surface area contributed by atoms with Gasteiger partial charge in [0.2, 0.25) is 5.88 Å². The van der Waals surface area contributed by atoms with Crippen molar-refractivity contribution in [3.63, 3.8) is 0 Å². The van der Waals surface area contributed by atoms with Crippen LogP contribution in [0.2, 0.25) is 0 Å². The van der Waals surface area contributed by atoms with E-state index >= 15 is 0 Å². The van der Waals surface area contributed by atoms with Crippen LogP contribution in [-0.2, 0) is 4.74 Å². The molecule has 1 aromatic heterocycles. The number of anilines is 1. The first-order valence-electron chi connectivity index (χ1n) is 11.5. The van der Waals surface area contributed by atoms with Crippen molar-refractivity contribution in [1.82, 2.24) is 10.1 Å². The number of likely N-dealkylation sites (tertiary alicyclic amines) is 1. The van der Waals surface area contributed by atoms with Crippen LogP contribution in [0.15, 0.2) is 53.1 Å². The maximum atomic E-state index is 12.9. The number of carbonyl (C=O) groups excluding carboxylic acids is 1. The number of carbonyl (C=O) groups is 1. The summed E-state index contributed by atoms with van der Waals surface area (Å²) in [6.45, 7) is 6.08. The zero-order chi connectivity index (χ0) is 24.1. The van der Waals surface area contributed by atoms with Crippen LogP contribution >= 0.6 is 0 Å². The summed E-state index contributed by atoms with van der Waals surface area (Å²) in [6, 6.07) is 13.1. The van der Waals surface area contributed by atoms with Gasteiger partial charge in [-0.25, -0.2) is 13.6 Å². The van der Waals surface area contributed by atoms with E-state index < -0.39 is 11.6 Å². The van der Waals surface area contributed by atoms with E-state index in [0.29, 0.717) is 11.4 Å². The van der Waals surface area contributed by atoms with E-state index in [2.05, 4.69) is 10.5 Å². The molecule has 0 saturated carbocycles. The van der Waals surface area contributed by atoms with Crippen LogP contribution < -0.4 is 5.32 Å². The molecule has 180 valence electrons. The maximum absolute atomic E-state index is 12.9. The van der Waals surface area contributed by atoms with E-state index in [4.69, 9.17) is 9.26 Å². The number of benzene rings is 2. The summed E-state index contributed by atoms with van der Waals surface area (Å²) >= 11 is 0. The van der Waals surface area contributed by atoms with Gasteiger partial charge in [-0.1, -0.05) is 41.6 Å². The second-order valence-corrected chi connectivity index (χ2v) is 8.77. The van der Waals surface area contributed by atoms with Crippen molar-refractivity contribution in [3.05, 3.63) is 71.4 Å². The molecule has 1 spiro atoms. The van der Waals surface area contributed by atoms with E-state index in [1.807, 2.05) is 49.1 Å². The topological polar surface area (TPSA) is 67.6 Å². The summed E-state index contributed by atoms with van der Waals surface area (Å²) in [5.41, 5.74) is 3.29. The van der Waals surface area contributed by atoms with Crippen LogP contribution in [0, 0.1) is 25.5 Å². The Labute approximate surface area is 197 Å². The average Bonchev–Trinajstić information content (AvgIpc) is 3.44. The number of piperidine rings is 1. The maximum Gasteiger partial charge on any atom is 0.324 e. The third-order valence-electron chi connectivity index (χ3n) is 6.55. The number of nitrogens with zero attached hydrogens (tertiary/aromatic N) is 2. The molecule has 0 aliphatic carbocycles. The summed E-state index contributed by atoms with van der Waals surface area (Å²) in [5, 5.41) is 6.64. The Hall–Kier alpha value is -3.26. The zero-order valence-corrected chi connectivity index (χ0v) is 19.4. The normalized spacial score (nSPS) is 16.8. The standard InChI is InChI=1S/C14H21N3O3.C12H8F2/c1-10-11(2)16-20-12(10)15-13(18)17-7-5-14(6-8-17)4-3-9-19-14;13-11-7-6-10(8-12(11)14)9-4-2-1-3-5-9/h3-9H2,1-2H3,(H,15,18);1-8H. The molecule has 3 heterocycles. The number of hydrogen-bond donors (Lipinski definition) is 1. The third-order valence-corrected chi connectivity index (χ3v) is 6.55. The highest BCUT2D eigenvalue weighted by atomic mass is 19.2. The summed E-state index contributed by atoms with van der Waals surface area (Å²) in [5.74, 6) is -1.18. The zero-order valence-electron chi connectivity index (χ0n) is 19.4. The smallest absolute Gasteiger partial charge is 0.324 e. The first kappa shape index (κ1) is 23.9. The molecule has 6 nitrogen and oxygen atoms in total. The van der Waals surface area contributed by atoms with Gasteiger partial charge in [-0.15, -0.1) is 0 Å². The Kier molecular flexibility index (Phi) is 7.26. The molecule has 34 heavy (non-hydrogen) atoms. The number of halogens is 2. The minimum absolute atomic E-state index is 0.0372. The number of rotatable bonds is 2. The van der Waals surface area contributed by atoms with E-state index in [1.165, 1.54) is 6.07 Å². The van der Waals surface area contributed by atoms with Gasteiger partial charge in [-0.2, -0.15) is 0 Å². The summed E-state index contributed by atoms with van der Waals surface area (Å²) in [6.07, 6.45) is 4.12. The highest BCUT2D eigenvalue weighted by molar-refractivity contribution is 5.88. The first-order chi connectivity index (χ1) is 16.4. The molecular formula is C26H29F2N3O3. The highest BCUT2D eigenvalue weighted by Crippen LogP contribution is 2.35. The van der Waals surface area contributed by atoms with Crippen molar-refractivity contribution < 1.29 is 22.8 Å². The number of ether oxygens (including phenoxy) is 1. The molecule has 0 bridgehead atoms. The molecule has 2 saturated heterocycles. The lowest BCUT2D eigenvalue weighted by Gasteiger charge is -2.38. The average molecular weight is 470 g/mol. The second kappa shape index (κ2) is 10.3. The summed E-state index contributed by atoms with van der Waals surface area (Å²) in [7, 11) is 0. The molecule has 2 aliphatic rings. The van der Waals surface area contributed by atoms with Crippen LogP contribution in [0.3, 0.4) is 0 Å². The molecule has 2 aromatic carbocycles. The number of hydrogen-bond acceptors (Lipinski definition) is 4. The van der Waals surface area contributed by atoms with Gasteiger partial charge in [0.15, 0.2) is 11.6 Å². The highest BCUT2D eigenvalue weighted by Gasteiger charge is 2.39. The number of urea groups is 1. The van der Waals surface area contributed by atoms with Gasteiger partial charge in [0.25, 0.3) is 0 Å². The van der Waals surface area contributed by atoms with Gasteiger partial charge in [-0.05, 0) is 62.8 Å². The van der Waals surface area contributed by atoms with Crippen molar-refractivity contribution in [2.75, 3.05) is 25.0 Å². The van der Waals surface area contributed by atoms with Crippen LogP contribution in [0.4, 0.5) is 19.5 Å². The van der Waals surface area contributed by atoms with E-state index in [0.717, 1.165) is 68.3 Å². The van der Waals surface area contributed by atoms with Crippen molar-refractivity contribution >= 4 is 11.9 Å². The van der Waals surface area contributed by atoms with Crippen molar-refractivity contribution in [1.29, 1.82) is 0 Å². The number of amides is 2. The fourth-order valence-electron chi connectivity index (χ4n) is 4.28. The first-order valence-corrected chi connectivity index (χ1v) is 11.5. The number of aromatic nitrogens is 1. The van der Waals surface area contributed by atoms with E-state index in [1.54, 1.807) is 6.07 Å². The minimum Gasteiger partial charge on any atom is -0.375 e. The molecule has 2 fully saturated rings. The number of nitrogens with one attached hydrogen (secondary N) is 1. The molecule has 2 amide bonds. The Morgan fingerprint density at radius 2 is 1.74 bits per heavy atom. The lowest BCUT2D eigenvalue weighted by molar-refractivity contribution is -0.0353. The van der Waals surface area contributed by atoms with Gasteiger partial charge in [0.05, 0.1) is 11.3 Å². The van der Waals surface area contributed by atoms with Crippen LogP contribution in [0.1, 0.15) is 36.9 Å². The van der Waals surface area contributed by atoms with Gasteiger partial charge in [0, 0.05) is 25.3 Å². The molecule has 5 rings (SSSR count). The monoisotopic (exact) mass is 469 g/mol. The van der Waals surface area contributed by atoms with Crippen molar-refractivity contribution in [2.45, 2.75) is 45.1 Å². The largest absolute Gasteiger partial charge is 0.375 e. The van der Waals surface area contributed by atoms with Crippen molar-refractivity contribution in [3.8, 4) is 11.1 Å². The van der Waals surface area contributed by atoms with Gasteiger partial charge in [0.1, 0.15) is 0 Å². The lowest BCUT2D eigenvalue weighted by Crippen LogP contribution is -2.47. The Bertz CT molecular complexity index is 1120. The van der Waals surface area contributed by atoms with Crippen molar-refractivity contribution in [2.24, 2.45) is 0 Å². The molecular weight excluding hydrogens is 440 g/mol. The van der Waals surface area contributed by atoms with Gasteiger partial charge < -0.3 is 14.2 Å². The SMILES string of the molecule is Cc1noc(NC(=O)N2CCC3(CCCO3)CC2)c1C.Fc1ccc(-c2ccccc2)cc1F. The quantitative estimate of drug-likeness (QED) is 0.492. The molecule has 0 radical (unpaired) electrons. The molecule has 3 aromatic rings. The Balaban J connectivity index is 0.000000172. The minimum atomic E-state index is -0.815. The summed E-state index contributed by atoms with van der Waals surface area (Å²) < 4.78 is 36.5. The fraction of sp³-hybridized carbons (Fsp3) is 0.385. The molecule has 8 heteroatoms. The van der Waals surface area contributed by atoms with E-state index in [-0.39, 0.29) is 11.6 Å². The Morgan fingerprint density at radius 1 is 1.00 bits per heavy atom. The van der Waals surface area contributed by atoms with E-state index in [9.17, 15) is 13.6 Å². The third kappa shape index (κ3) is 5.44. The molecule has 1 N–H and O–H groups in total. The second-order valence-electron chi connectivity index (χ2n) is 8.77. The molecule has 0 atom stereocenters. The molecule has 0 unspecified atom stereocenters. The van der Waals surface area contributed by atoms with Gasteiger partial charge >= 0.3 is 6.03 Å². The van der Waals surface area contributed by atoms with Crippen LogP contribution in [0.25, 0.3) is 11.1 Å². The number of aryl methyl sites for hydroxylation is 1. The Morgan fingerprint density at radius 3 is 2.32 bits per heavy atom. The summed E-state index contributed by atoms with van der Waals surface area (Å²) in [4.78, 5) is 14.0. The van der Waals surface area contributed by atoms with Gasteiger partial charge in [-0.3, -0.25) is 5.32 Å².